The first kappa shape index (κ1) is 23.1. The molecule has 3 aromatic rings. The van der Waals surface area contributed by atoms with E-state index in [1.807, 2.05) is 60.0 Å². The zero-order valence-corrected chi connectivity index (χ0v) is 19.6. The predicted molar refractivity (Wildman–Crippen MR) is 132 cm³/mol. The van der Waals surface area contributed by atoms with Crippen molar-refractivity contribution < 1.29 is 9.90 Å². The highest BCUT2D eigenvalue weighted by atomic mass is 16.3. The molecule has 5 heterocycles. The summed E-state index contributed by atoms with van der Waals surface area (Å²) in [6.07, 6.45) is 10.5. The standard InChI is InChI=1S/C27H29N5O3/c1-2-3-20-4-5-23-24-21(16-31(23)27(20)35)22(17-33)25(32(24)15-19-8-12-29-13-9-19)26(34)30-14-18-6-10-28-11-7-18/h2-13,21-22,24-25,33H,14-17H2,1H3,(H,30,34)/b3-2-/t21-,22-,24+,25-/m0/s1. The molecule has 1 fully saturated rings. The summed E-state index contributed by atoms with van der Waals surface area (Å²) in [6.45, 7) is 3.14. The SMILES string of the molecule is C/C=C\c1ccc2n(c1=O)C[C@H]1[C@H](CO)[C@@H](C(=O)NCc3ccncc3)N(Cc3ccncc3)[C@@H]21. The highest BCUT2D eigenvalue weighted by molar-refractivity contribution is 5.82. The van der Waals surface area contributed by atoms with Crippen molar-refractivity contribution in [1.29, 1.82) is 0 Å². The van der Waals surface area contributed by atoms with Gasteiger partial charge in [0, 0.05) is 74.1 Å². The number of hydrogen-bond acceptors (Lipinski definition) is 6. The summed E-state index contributed by atoms with van der Waals surface area (Å²) in [6, 6.07) is 10.8. The van der Waals surface area contributed by atoms with Gasteiger partial charge in [-0.15, -0.1) is 0 Å². The number of aliphatic hydroxyl groups excluding tert-OH is 1. The molecule has 4 atom stereocenters. The van der Waals surface area contributed by atoms with Crippen LogP contribution in [0.3, 0.4) is 0 Å². The lowest BCUT2D eigenvalue weighted by Crippen LogP contribution is -2.47. The molecule has 0 aromatic carbocycles. The lowest BCUT2D eigenvalue weighted by atomic mass is 9.88. The molecule has 0 radical (unpaired) electrons. The number of allylic oxidation sites excluding steroid dienone is 1. The molecule has 2 N–H and O–H groups in total. The summed E-state index contributed by atoms with van der Waals surface area (Å²) in [5.41, 5.74) is 3.49. The summed E-state index contributed by atoms with van der Waals surface area (Å²) in [5, 5.41) is 13.5. The number of pyridine rings is 3. The molecule has 0 spiro atoms. The number of carbonyl (C=O) groups is 1. The second-order valence-electron chi connectivity index (χ2n) is 9.13. The van der Waals surface area contributed by atoms with Gasteiger partial charge in [-0.1, -0.05) is 12.2 Å². The van der Waals surface area contributed by atoms with Gasteiger partial charge in [-0.05, 0) is 54.4 Å². The van der Waals surface area contributed by atoms with E-state index in [4.69, 9.17) is 0 Å². The lowest BCUT2D eigenvalue weighted by Gasteiger charge is -2.31. The van der Waals surface area contributed by atoms with E-state index in [-0.39, 0.29) is 36.0 Å². The van der Waals surface area contributed by atoms with E-state index >= 15 is 0 Å². The van der Waals surface area contributed by atoms with E-state index in [2.05, 4.69) is 20.2 Å². The molecule has 8 nitrogen and oxygen atoms in total. The maximum Gasteiger partial charge on any atom is 0.258 e. The van der Waals surface area contributed by atoms with Crippen LogP contribution in [0.25, 0.3) is 6.08 Å². The fraction of sp³-hybridized carbons (Fsp3) is 0.333. The number of aliphatic hydroxyl groups is 1. The number of nitrogens with one attached hydrogen (secondary N) is 1. The molecule has 2 aliphatic heterocycles. The third-order valence-electron chi connectivity index (χ3n) is 7.17. The lowest BCUT2D eigenvalue weighted by molar-refractivity contribution is -0.128. The van der Waals surface area contributed by atoms with Gasteiger partial charge in [0.1, 0.15) is 0 Å². The smallest absolute Gasteiger partial charge is 0.258 e. The number of aromatic nitrogens is 3. The van der Waals surface area contributed by atoms with Crippen LogP contribution < -0.4 is 10.9 Å². The van der Waals surface area contributed by atoms with Gasteiger partial charge in [0.15, 0.2) is 0 Å². The maximum atomic E-state index is 13.6. The Morgan fingerprint density at radius 1 is 1.09 bits per heavy atom. The Labute approximate surface area is 204 Å². The molecule has 1 amide bonds. The first-order chi connectivity index (χ1) is 17.1. The fourth-order valence-electron chi connectivity index (χ4n) is 5.60. The number of fused-ring (bicyclic) bond motifs is 3. The first-order valence-corrected chi connectivity index (χ1v) is 11.9. The topological polar surface area (TPSA) is 100 Å². The third kappa shape index (κ3) is 4.31. The highest BCUT2D eigenvalue weighted by Gasteiger charge is 2.55. The Kier molecular flexibility index (Phi) is 6.57. The number of carbonyl (C=O) groups excluding carboxylic acids is 1. The van der Waals surface area contributed by atoms with Gasteiger partial charge in [-0.2, -0.15) is 0 Å². The minimum absolute atomic E-state index is 0.0331. The van der Waals surface area contributed by atoms with E-state index < -0.39 is 6.04 Å². The summed E-state index contributed by atoms with van der Waals surface area (Å²) in [4.78, 5) is 37.0. The Morgan fingerprint density at radius 2 is 1.77 bits per heavy atom. The third-order valence-corrected chi connectivity index (χ3v) is 7.17. The summed E-state index contributed by atoms with van der Waals surface area (Å²) in [5.74, 6) is -0.473. The van der Waals surface area contributed by atoms with Crippen molar-refractivity contribution in [2.24, 2.45) is 11.8 Å². The second-order valence-corrected chi connectivity index (χ2v) is 9.13. The van der Waals surface area contributed by atoms with Crippen molar-refractivity contribution in [1.82, 2.24) is 24.8 Å². The average molecular weight is 472 g/mol. The van der Waals surface area contributed by atoms with Crippen molar-refractivity contribution in [3.63, 3.8) is 0 Å². The largest absolute Gasteiger partial charge is 0.396 e. The normalized spacial score (nSPS) is 23.4. The molecule has 0 unspecified atom stereocenters. The molecule has 0 saturated carbocycles. The van der Waals surface area contributed by atoms with Crippen LogP contribution in [-0.2, 0) is 24.4 Å². The van der Waals surface area contributed by atoms with Crippen molar-refractivity contribution in [3.8, 4) is 0 Å². The number of nitrogens with zero attached hydrogens (tertiary/aromatic N) is 4. The molecule has 0 aliphatic carbocycles. The van der Waals surface area contributed by atoms with Crippen LogP contribution >= 0.6 is 0 Å². The van der Waals surface area contributed by atoms with Gasteiger partial charge in [0.25, 0.3) is 5.56 Å². The molecule has 1 saturated heterocycles. The van der Waals surface area contributed by atoms with Gasteiger partial charge in [0.05, 0.1) is 12.1 Å². The molecule has 180 valence electrons. The van der Waals surface area contributed by atoms with Crippen molar-refractivity contribution in [3.05, 3.63) is 100.0 Å². The van der Waals surface area contributed by atoms with Crippen molar-refractivity contribution >= 4 is 12.0 Å². The van der Waals surface area contributed by atoms with Gasteiger partial charge < -0.3 is 15.0 Å². The molecular formula is C27H29N5O3. The van der Waals surface area contributed by atoms with Gasteiger partial charge in [-0.25, -0.2) is 0 Å². The average Bonchev–Trinajstić information content (AvgIpc) is 3.41. The predicted octanol–water partition coefficient (Wildman–Crippen LogP) is 2.15. The molecule has 5 rings (SSSR count). The zero-order valence-electron chi connectivity index (χ0n) is 19.6. The minimum Gasteiger partial charge on any atom is -0.396 e. The summed E-state index contributed by atoms with van der Waals surface area (Å²) in [7, 11) is 0. The molecule has 2 aliphatic rings. The van der Waals surface area contributed by atoms with E-state index in [9.17, 15) is 14.7 Å². The Balaban J connectivity index is 1.51. The van der Waals surface area contributed by atoms with Crippen LogP contribution in [0.5, 0.6) is 0 Å². The Bertz CT molecular complexity index is 1270. The van der Waals surface area contributed by atoms with Crippen LogP contribution in [0, 0.1) is 11.8 Å². The zero-order chi connectivity index (χ0) is 24.4. The second kappa shape index (κ2) is 9.93. The monoisotopic (exact) mass is 471 g/mol. The summed E-state index contributed by atoms with van der Waals surface area (Å²) >= 11 is 0. The van der Waals surface area contributed by atoms with Gasteiger partial charge in [-0.3, -0.25) is 24.5 Å². The van der Waals surface area contributed by atoms with Crippen LogP contribution in [0.1, 0.15) is 35.3 Å². The summed E-state index contributed by atoms with van der Waals surface area (Å²) < 4.78 is 1.82. The molecule has 8 heteroatoms. The van der Waals surface area contributed by atoms with Gasteiger partial charge >= 0.3 is 0 Å². The molecule has 35 heavy (non-hydrogen) atoms. The Hall–Kier alpha value is -3.62. The number of hydrogen-bond donors (Lipinski definition) is 2. The highest BCUT2D eigenvalue weighted by Crippen LogP contribution is 2.49. The molecule has 3 aromatic heterocycles. The van der Waals surface area contributed by atoms with Crippen LogP contribution in [0.2, 0.25) is 0 Å². The molecule has 0 bridgehead atoms. The Morgan fingerprint density at radius 3 is 2.43 bits per heavy atom. The molecular weight excluding hydrogens is 442 g/mol. The maximum absolute atomic E-state index is 13.6. The van der Waals surface area contributed by atoms with Crippen LogP contribution in [0.4, 0.5) is 0 Å². The van der Waals surface area contributed by atoms with Crippen LogP contribution in [0.15, 0.2) is 72.1 Å². The first-order valence-electron chi connectivity index (χ1n) is 11.9. The number of likely N-dealkylation sites (tertiary alicyclic amines) is 1. The van der Waals surface area contributed by atoms with Crippen molar-refractivity contribution in [2.45, 2.75) is 38.6 Å². The van der Waals surface area contributed by atoms with Crippen molar-refractivity contribution in [2.75, 3.05) is 6.61 Å². The van der Waals surface area contributed by atoms with E-state index in [0.717, 1.165) is 16.8 Å². The quantitative estimate of drug-likeness (QED) is 0.548. The minimum atomic E-state index is -0.524. The fourth-order valence-corrected chi connectivity index (χ4v) is 5.60. The number of amides is 1. The van der Waals surface area contributed by atoms with E-state index in [1.54, 1.807) is 24.8 Å². The van der Waals surface area contributed by atoms with Crippen LogP contribution in [-0.4, -0.2) is 43.1 Å². The van der Waals surface area contributed by atoms with Gasteiger partial charge in [0.2, 0.25) is 5.91 Å². The van der Waals surface area contributed by atoms with E-state index in [1.165, 1.54) is 0 Å². The number of rotatable bonds is 7. The van der Waals surface area contributed by atoms with E-state index in [0.29, 0.717) is 25.2 Å².